The highest BCUT2D eigenvalue weighted by molar-refractivity contribution is 6.05. The molecule has 3 rings (SSSR count). The number of hydrogen-bond acceptors (Lipinski definition) is 4. The number of carbonyl (C=O) groups excluding carboxylic acids is 1. The maximum Gasteiger partial charge on any atom is 0.152 e. The average Bonchev–Trinajstić information content (AvgIpc) is 2.93. The molecule has 5 nitrogen and oxygen atoms in total. The Hall–Kier alpha value is -3.57. The lowest BCUT2D eigenvalue weighted by atomic mass is 10.0. The topological polar surface area (TPSA) is 78.8 Å². The second-order valence-electron chi connectivity index (χ2n) is 5.36. The maximum atomic E-state index is 11.7. The number of aldehydes is 1. The van der Waals surface area contributed by atoms with Crippen LogP contribution in [0.4, 0.5) is 0 Å². The van der Waals surface area contributed by atoms with E-state index in [2.05, 4.69) is 0 Å². The van der Waals surface area contributed by atoms with Gasteiger partial charge in [-0.05, 0) is 19.1 Å². The maximum absolute atomic E-state index is 11.7. The monoisotopic (exact) mass is 315 g/mol. The molecule has 24 heavy (non-hydrogen) atoms. The summed E-state index contributed by atoms with van der Waals surface area (Å²) < 4.78 is 1.52. The van der Waals surface area contributed by atoms with Crippen molar-refractivity contribution in [2.45, 2.75) is 6.92 Å². The highest BCUT2D eigenvalue weighted by Crippen LogP contribution is 2.33. The number of rotatable bonds is 3. The van der Waals surface area contributed by atoms with Crippen molar-refractivity contribution in [3.8, 4) is 23.4 Å². The normalized spacial score (nSPS) is 10.2. The quantitative estimate of drug-likeness (QED) is 0.695. The van der Waals surface area contributed by atoms with E-state index in [-0.39, 0.29) is 11.1 Å². The van der Waals surface area contributed by atoms with Crippen LogP contribution in [0.1, 0.15) is 27.0 Å². The number of carbonyl (C=O) groups is 1. The van der Waals surface area contributed by atoms with Gasteiger partial charge in [0.15, 0.2) is 6.29 Å². The lowest BCUT2D eigenvalue weighted by Gasteiger charge is -2.09. The molecule has 0 spiro atoms. The number of hydrogen-bond donors (Lipinski definition) is 0. The molecule has 0 saturated heterocycles. The summed E-state index contributed by atoms with van der Waals surface area (Å²) in [5.74, 6) is 0. The van der Waals surface area contributed by atoms with Crippen molar-refractivity contribution in [2.24, 2.45) is 0 Å². The SMILES string of the molecule is COn1c(-c2ccc(C)cc2)c(C=O)c2cc(C#N)c(C#N)cc21. The zero-order valence-electron chi connectivity index (χ0n) is 13.2. The van der Waals surface area contributed by atoms with E-state index in [0.717, 1.165) is 17.4 Å². The lowest BCUT2D eigenvalue weighted by molar-refractivity contribution is 0.112. The lowest BCUT2D eigenvalue weighted by Crippen LogP contribution is -2.07. The van der Waals surface area contributed by atoms with E-state index in [1.165, 1.54) is 11.8 Å². The van der Waals surface area contributed by atoms with Crippen molar-refractivity contribution in [2.75, 3.05) is 7.11 Å². The molecule has 0 saturated carbocycles. The van der Waals surface area contributed by atoms with E-state index >= 15 is 0 Å². The van der Waals surface area contributed by atoms with Crippen molar-refractivity contribution in [3.63, 3.8) is 0 Å². The number of nitrogens with zero attached hydrogens (tertiary/aromatic N) is 3. The summed E-state index contributed by atoms with van der Waals surface area (Å²) in [5.41, 5.74) is 4.00. The average molecular weight is 315 g/mol. The summed E-state index contributed by atoms with van der Waals surface area (Å²) in [6, 6.07) is 14.8. The molecule has 0 aliphatic rings. The van der Waals surface area contributed by atoms with Gasteiger partial charge in [-0.25, -0.2) is 0 Å². The fourth-order valence-electron chi connectivity index (χ4n) is 2.81. The first kappa shape index (κ1) is 15.3. The van der Waals surface area contributed by atoms with Crippen LogP contribution in [-0.4, -0.2) is 18.1 Å². The van der Waals surface area contributed by atoms with Gasteiger partial charge < -0.3 is 4.84 Å². The molecular weight excluding hydrogens is 302 g/mol. The van der Waals surface area contributed by atoms with Crippen molar-refractivity contribution < 1.29 is 9.63 Å². The second-order valence-corrected chi connectivity index (χ2v) is 5.36. The Kier molecular flexibility index (Phi) is 3.77. The van der Waals surface area contributed by atoms with Gasteiger partial charge in [0.2, 0.25) is 0 Å². The Morgan fingerprint density at radius 3 is 2.25 bits per heavy atom. The molecule has 5 heteroatoms. The Morgan fingerprint density at radius 1 is 1.08 bits per heavy atom. The predicted octanol–water partition coefficient (Wildman–Crippen LogP) is 3.23. The fourth-order valence-corrected chi connectivity index (χ4v) is 2.81. The molecule has 1 aromatic heterocycles. The molecule has 1 heterocycles. The summed E-state index contributed by atoms with van der Waals surface area (Å²) in [5, 5.41) is 19.0. The minimum Gasteiger partial charge on any atom is -0.416 e. The Labute approximate surface area is 138 Å². The standard InChI is InChI=1S/C19H13N3O2/c1-12-3-5-13(6-4-12)19-17(11-23)16-7-14(9-20)15(10-21)8-18(16)22(19)24-2/h3-8,11H,1-2H3. The third kappa shape index (κ3) is 2.20. The van der Waals surface area contributed by atoms with Gasteiger partial charge in [0.1, 0.15) is 19.2 Å². The Balaban J connectivity index is 2.45. The molecular formula is C19H13N3O2. The molecule has 0 N–H and O–H groups in total. The molecule has 0 amide bonds. The van der Waals surface area contributed by atoms with E-state index in [9.17, 15) is 15.3 Å². The predicted molar refractivity (Wildman–Crippen MR) is 89.4 cm³/mol. The van der Waals surface area contributed by atoms with E-state index in [4.69, 9.17) is 4.84 Å². The molecule has 2 aromatic carbocycles. The molecule has 3 aromatic rings. The second kappa shape index (κ2) is 5.91. The Bertz CT molecular complexity index is 1030. The minimum absolute atomic E-state index is 0.233. The summed E-state index contributed by atoms with van der Waals surface area (Å²) in [4.78, 5) is 17.2. The first-order valence-corrected chi connectivity index (χ1v) is 7.24. The highest BCUT2D eigenvalue weighted by atomic mass is 16.6. The molecule has 0 fully saturated rings. The third-order valence-corrected chi connectivity index (χ3v) is 3.97. The van der Waals surface area contributed by atoms with Gasteiger partial charge in [0, 0.05) is 10.9 Å². The largest absolute Gasteiger partial charge is 0.416 e. The van der Waals surface area contributed by atoms with Crippen molar-refractivity contribution in [1.29, 1.82) is 10.5 Å². The molecule has 116 valence electrons. The molecule has 0 aliphatic carbocycles. The zero-order chi connectivity index (χ0) is 17.3. The van der Waals surface area contributed by atoms with Crippen LogP contribution in [0.15, 0.2) is 36.4 Å². The van der Waals surface area contributed by atoms with Crippen LogP contribution in [0.5, 0.6) is 0 Å². The van der Waals surface area contributed by atoms with Gasteiger partial charge in [-0.2, -0.15) is 15.3 Å². The van der Waals surface area contributed by atoms with Crippen molar-refractivity contribution >= 4 is 17.2 Å². The molecule has 0 radical (unpaired) electrons. The zero-order valence-corrected chi connectivity index (χ0v) is 13.2. The van der Waals surface area contributed by atoms with Gasteiger partial charge in [0.05, 0.1) is 27.9 Å². The molecule has 0 aliphatic heterocycles. The van der Waals surface area contributed by atoms with Crippen LogP contribution < -0.4 is 4.84 Å². The molecule has 0 atom stereocenters. The summed E-state index contributed by atoms with van der Waals surface area (Å²) in [6.45, 7) is 1.98. The van der Waals surface area contributed by atoms with Crippen molar-refractivity contribution in [3.05, 3.63) is 58.7 Å². The number of aromatic nitrogens is 1. The number of fused-ring (bicyclic) bond motifs is 1. The minimum atomic E-state index is 0.233. The fraction of sp³-hybridized carbons (Fsp3) is 0.105. The molecule has 0 unspecified atom stereocenters. The smallest absolute Gasteiger partial charge is 0.152 e. The third-order valence-electron chi connectivity index (χ3n) is 3.97. The van der Waals surface area contributed by atoms with Crippen LogP contribution in [0.2, 0.25) is 0 Å². The summed E-state index contributed by atoms with van der Waals surface area (Å²) >= 11 is 0. The first-order valence-electron chi connectivity index (χ1n) is 7.24. The first-order chi connectivity index (χ1) is 11.6. The Morgan fingerprint density at radius 2 is 1.71 bits per heavy atom. The number of nitriles is 2. The van der Waals surface area contributed by atoms with Gasteiger partial charge in [-0.15, -0.1) is 0 Å². The van der Waals surface area contributed by atoms with Gasteiger partial charge in [-0.3, -0.25) is 4.79 Å². The van der Waals surface area contributed by atoms with Crippen molar-refractivity contribution in [1.82, 2.24) is 4.73 Å². The van der Waals surface area contributed by atoms with E-state index in [1.54, 1.807) is 12.1 Å². The van der Waals surface area contributed by atoms with E-state index in [1.807, 2.05) is 43.3 Å². The summed E-state index contributed by atoms with van der Waals surface area (Å²) in [7, 11) is 1.50. The van der Waals surface area contributed by atoms with E-state index < -0.39 is 0 Å². The van der Waals surface area contributed by atoms with Gasteiger partial charge >= 0.3 is 0 Å². The van der Waals surface area contributed by atoms with Gasteiger partial charge in [0.25, 0.3) is 0 Å². The summed E-state index contributed by atoms with van der Waals surface area (Å²) in [6.07, 6.45) is 0.750. The number of benzene rings is 2. The van der Waals surface area contributed by atoms with Crippen LogP contribution in [0, 0.1) is 29.6 Å². The number of aryl methyl sites for hydroxylation is 1. The van der Waals surface area contributed by atoms with Crippen LogP contribution >= 0.6 is 0 Å². The molecule has 0 bridgehead atoms. The van der Waals surface area contributed by atoms with Crippen LogP contribution in [0.3, 0.4) is 0 Å². The van der Waals surface area contributed by atoms with Gasteiger partial charge in [-0.1, -0.05) is 29.8 Å². The van der Waals surface area contributed by atoms with Crippen LogP contribution in [0.25, 0.3) is 22.2 Å². The van der Waals surface area contributed by atoms with Crippen LogP contribution in [-0.2, 0) is 0 Å². The van der Waals surface area contributed by atoms with E-state index in [0.29, 0.717) is 22.2 Å². The highest BCUT2D eigenvalue weighted by Gasteiger charge is 2.21.